The number of hydrogen-bond acceptors (Lipinski definition) is 4. The molecule has 0 saturated heterocycles. The van der Waals surface area contributed by atoms with E-state index in [-0.39, 0.29) is 11.9 Å². The first-order chi connectivity index (χ1) is 13.7. The van der Waals surface area contributed by atoms with Gasteiger partial charge in [0.1, 0.15) is 30.5 Å². The van der Waals surface area contributed by atoms with Crippen molar-refractivity contribution in [3.63, 3.8) is 0 Å². The molecule has 1 aromatic heterocycles. The first kappa shape index (κ1) is 18.2. The zero-order valence-electron chi connectivity index (χ0n) is 15.3. The van der Waals surface area contributed by atoms with Gasteiger partial charge in [-0.3, -0.25) is 4.98 Å². The summed E-state index contributed by atoms with van der Waals surface area (Å²) in [4.78, 5) is 4.29. The van der Waals surface area contributed by atoms with Crippen molar-refractivity contribution in [3.05, 3.63) is 83.9 Å². The van der Waals surface area contributed by atoms with Crippen LogP contribution in [0.1, 0.15) is 11.1 Å². The second kappa shape index (κ2) is 8.23. The van der Waals surface area contributed by atoms with Crippen LogP contribution in [0.25, 0.3) is 17.2 Å². The smallest absolute Gasteiger partial charge is 0.127 e. The van der Waals surface area contributed by atoms with Crippen molar-refractivity contribution in [2.75, 3.05) is 13.2 Å². The zero-order chi connectivity index (χ0) is 19.3. The Kier molecular flexibility index (Phi) is 5.35. The van der Waals surface area contributed by atoms with Crippen LogP contribution in [0.4, 0.5) is 4.39 Å². The van der Waals surface area contributed by atoms with Crippen LogP contribution in [0.3, 0.4) is 0 Å². The first-order valence-electron chi connectivity index (χ1n) is 9.19. The molecule has 0 amide bonds. The number of rotatable bonds is 6. The van der Waals surface area contributed by atoms with Gasteiger partial charge in [0.2, 0.25) is 0 Å². The molecule has 4 rings (SSSR count). The fourth-order valence-corrected chi connectivity index (χ4v) is 3.16. The highest BCUT2D eigenvalue weighted by Gasteiger charge is 2.10. The summed E-state index contributed by atoms with van der Waals surface area (Å²) >= 11 is 0. The van der Waals surface area contributed by atoms with Gasteiger partial charge < -0.3 is 15.2 Å². The fraction of sp³-hybridized carbons (Fsp3) is 0.174. The maximum Gasteiger partial charge on any atom is 0.127 e. The van der Waals surface area contributed by atoms with Crippen LogP contribution in [-0.2, 0) is 6.42 Å². The van der Waals surface area contributed by atoms with E-state index in [2.05, 4.69) is 4.98 Å². The number of halogens is 1. The van der Waals surface area contributed by atoms with Crippen LogP contribution < -0.4 is 15.2 Å². The van der Waals surface area contributed by atoms with Crippen molar-refractivity contribution in [1.82, 2.24) is 4.98 Å². The number of nitrogens with two attached hydrogens (primary N) is 1. The molecule has 2 N–H and O–H groups in total. The number of pyridine rings is 1. The molecule has 1 aliphatic rings. The molecule has 0 bridgehead atoms. The Balaban J connectivity index is 1.37. The maximum atomic E-state index is 13.1. The van der Waals surface area contributed by atoms with Crippen LogP contribution in [0.5, 0.6) is 11.5 Å². The van der Waals surface area contributed by atoms with Gasteiger partial charge in [0.25, 0.3) is 0 Å². The number of ether oxygens (including phenoxy) is 2. The third kappa shape index (κ3) is 4.38. The first-order valence-corrected chi connectivity index (χ1v) is 9.19. The van der Waals surface area contributed by atoms with Crippen molar-refractivity contribution >= 4 is 6.08 Å². The molecule has 2 aromatic carbocycles. The Hall–Kier alpha value is -3.18. The van der Waals surface area contributed by atoms with E-state index in [0.29, 0.717) is 19.6 Å². The number of benzene rings is 2. The fourth-order valence-electron chi connectivity index (χ4n) is 3.16. The summed E-state index contributed by atoms with van der Waals surface area (Å²) in [5.74, 6) is 1.38. The summed E-state index contributed by atoms with van der Waals surface area (Å²) < 4.78 is 24.5. The molecule has 0 aliphatic carbocycles. The van der Waals surface area contributed by atoms with E-state index in [9.17, 15) is 4.39 Å². The molecule has 28 heavy (non-hydrogen) atoms. The molecule has 0 saturated carbocycles. The molecule has 1 unspecified atom stereocenters. The van der Waals surface area contributed by atoms with Crippen molar-refractivity contribution < 1.29 is 13.9 Å². The van der Waals surface area contributed by atoms with Gasteiger partial charge in [-0.25, -0.2) is 4.39 Å². The van der Waals surface area contributed by atoms with Crippen molar-refractivity contribution in [2.45, 2.75) is 12.5 Å². The molecule has 142 valence electrons. The highest BCUT2D eigenvalue weighted by atomic mass is 19.1. The number of fused-ring (bicyclic) bond motifs is 1. The van der Waals surface area contributed by atoms with Gasteiger partial charge in [-0.1, -0.05) is 18.2 Å². The van der Waals surface area contributed by atoms with E-state index in [4.69, 9.17) is 15.2 Å². The summed E-state index contributed by atoms with van der Waals surface area (Å²) in [6.07, 6.45) is 8.20. The molecule has 5 heteroatoms. The molecule has 0 fully saturated rings. The van der Waals surface area contributed by atoms with Crippen LogP contribution in [-0.4, -0.2) is 24.2 Å². The van der Waals surface area contributed by atoms with Crippen molar-refractivity contribution in [3.8, 4) is 22.6 Å². The Morgan fingerprint density at radius 2 is 1.93 bits per heavy atom. The van der Waals surface area contributed by atoms with Crippen molar-refractivity contribution in [1.29, 1.82) is 0 Å². The van der Waals surface area contributed by atoms with Crippen molar-refractivity contribution in [2.24, 2.45) is 5.73 Å². The SMILES string of the molecule is NC(COc1ccc2c(c1)C=CCO2)Cc1cncc(-c2ccc(F)cc2)c1. The van der Waals surface area contributed by atoms with Gasteiger partial charge in [0.15, 0.2) is 0 Å². The van der Waals surface area contributed by atoms with Crippen LogP contribution in [0, 0.1) is 5.82 Å². The minimum atomic E-state index is -0.253. The van der Waals surface area contributed by atoms with Crippen LogP contribution >= 0.6 is 0 Å². The van der Waals surface area contributed by atoms with Gasteiger partial charge in [-0.2, -0.15) is 0 Å². The van der Waals surface area contributed by atoms with Gasteiger partial charge >= 0.3 is 0 Å². The lowest BCUT2D eigenvalue weighted by Gasteiger charge is -2.16. The molecule has 2 heterocycles. The summed E-state index contributed by atoms with van der Waals surface area (Å²) in [5.41, 5.74) is 10.1. The minimum Gasteiger partial charge on any atom is -0.492 e. The second-order valence-electron chi connectivity index (χ2n) is 6.78. The highest BCUT2D eigenvalue weighted by molar-refractivity contribution is 5.63. The number of nitrogens with zero attached hydrogens (tertiary/aromatic N) is 1. The third-order valence-electron chi connectivity index (χ3n) is 4.55. The quantitative estimate of drug-likeness (QED) is 0.699. The maximum absolute atomic E-state index is 13.1. The summed E-state index contributed by atoms with van der Waals surface area (Å²) in [5, 5.41) is 0. The average Bonchev–Trinajstić information content (AvgIpc) is 2.73. The highest BCUT2D eigenvalue weighted by Crippen LogP contribution is 2.28. The second-order valence-corrected chi connectivity index (χ2v) is 6.78. The molecule has 3 aromatic rings. The lowest BCUT2D eigenvalue weighted by Crippen LogP contribution is -2.30. The number of hydrogen-bond donors (Lipinski definition) is 1. The van der Waals surface area contributed by atoms with E-state index in [1.165, 1.54) is 12.1 Å². The normalized spacial score (nSPS) is 13.5. The Labute approximate surface area is 163 Å². The van der Waals surface area contributed by atoms with E-state index in [1.807, 2.05) is 36.4 Å². The Bertz CT molecular complexity index is 986. The standard InChI is InChI=1S/C23H21FN2O2/c24-20-5-3-17(4-6-20)19-10-16(13-26-14-19)11-21(25)15-28-22-7-8-23-18(12-22)2-1-9-27-23/h1-8,10,12-14,21H,9,11,15,25H2. The summed E-state index contributed by atoms with van der Waals surface area (Å²) in [7, 11) is 0. The van der Waals surface area contributed by atoms with Gasteiger partial charge in [-0.15, -0.1) is 0 Å². The molecule has 1 atom stereocenters. The largest absolute Gasteiger partial charge is 0.492 e. The predicted molar refractivity (Wildman–Crippen MR) is 108 cm³/mol. The van der Waals surface area contributed by atoms with Crippen LogP contribution in [0.15, 0.2) is 67.0 Å². The lowest BCUT2D eigenvalue weighted by molar-refractivity contribution is 0.286. The van der Waals surface area contributed by atoms with Gasteiger partial charge in [0.05, 0.1) is 0 Å². The molecule has 1 aliphatic heterocycles. The molecule has 0 spiro atoms. The molecular formula is C23H21FN2O2. The Morgan fingerprint density at radius 3 is 2.79 bits per heavy atom. The lowest BCUT2D eigenvalue weighted by atomic mass is 10.0. The third-order valence-corrected chi connectivity index (χ3v) is 4.55. The van der Waals surface area contributed by atoms with E-state index >= 15 is 0 Å². The van der Waals surface area contributed by atoms with Gasteiger partial charge in [0, 0.05) is 29.6 Å². The zero-order valence-corrected chi connectivity index (χ0v) is 15.3. The van der Waals surface area contributed by atoms with E-state index in [0.717, 1.165) is 33.8 Å². The monoisotopic (exact) mass is 376 g/mol. The number of aromatic nitrogens is 1. The molecule has 4 nitrogen and oxygen atoms in total. The van der Waals surface area contributed by atoms with Gasteiger partial charge in [-0.05, 0) is 60.0 Å². The Morgan fingerprint density at radius 1 is 1.07 bits per heavy atom. The van der Waals surface area contributed by atoms with Crippen LogP contribution in [0.2, 0.25) is 0 Å². The average molecular weight is 376 g/mol. The minimum absolute atomic E-state index is 0.173. The van der Waals surface area contributed by atoms with E-state index < -0.39 is 0 Å². The molecule has 0 radical (unpaired) electrons. The molecular weight excluding hydrogens is 355 g/mol. The topological polar surface area (TPSA) is 57.4 Å². The summed E-state index contributed by atoms with van der Waals surface area (Å²) in [6.45, 7) is 0.993. The summed E-state index contributed by atoms with van der Waals surface area (Å²) in [6, 6.07) is 14.0. The predicted octanol–water partition coefficient (Wildman–Crippen LogP) is 4.24. The van der Waals surface area contributed by atoms with E-state index in [1.54, 1.807) is 24.5 Å².